The number of nitrogens with one attached hydrogen (secondary N) is 4. The molecule has 2 saturated heterocycles. The Labute approximate surface area is 336 Å². The molecule has 4 amide bonds. The number of unbranched alkanes of at least 4 members (excludes halogenated alkanes) is 2. The van der Waals surface area contributed by atoms with Gasteiger partial charge >= 0.3 is 0 Å². The molecular formula is C42H46N8O7S. The molecule has 3 aromatic carbocycles. The summed E-state index contributed by atoms with van der Waals surface area (Å²) in [4.78, 5) is 63.3. The third-order valence-corrected chi connectivity index (χ3v) is 11.7. The highest BCUT2D eigenvalue weighted by Crippen LogP contribution is 2.30. The minimum atomic E-state index is -3.29. The monoisotopic (exact) mass is 806 g/mol. The van der Waals surface area contributed by atoms with Crippen LogP contribution in [-0.2, 0) is 30.8 Å². The van der Waals surface area contributed by atoms with E-state index in [-0.39, 0.29) is 35.0 Å². The number of imide groups is 1. The molecule has 16 heteroatoms. The maximum absolute atomic E-state index is 13.1. The third kappa shape index (κ3) is 9.62. The molecule has 302 valence electrons. The number of aromatic nitrogens is 1. The van der Waals surface area contributed by atoms with Crippen LogP contribution in [0, 0.1) is 5.41 Å². The summed E-state index contributed by atoms with van der Waals surface area (Å²) in [6.45, 7) is 3.50. The number of carbonyl (C=O) groups is 4. The molecule has 0 aliphatic carbocycles. The fourth-order valence-corrected chi connectivity index (χ4v) is 7.98. The quantitative estimate of drug-likeness (QED) is 0.0706. The smallest absolute Gasteiger partial charge is 0.255 e. The predicted octanol–water partition coefficient (Wildman–Crippen LogP) is 4.08. The van der Waals surface area contributed by atoms with E-state index in [1.807, 2.05) is 53.4 Å². The molecule has 1 aromatic heterocycles. The number of piperazine rings is 1. The van der Waals surface area contributed by atoms with Crippen LogP contribution in [-0.4, -0.2) is 97.9 Å². The van der Waals surface area contributed by atoms with Crippen molar-refractivity contribution < 1.29 is 32.3 Å². The average Bonchev–Trinajstić information content (AvgIpc) is 3.54. The van der Waals surface area contributed by atoms with Crippen LogP contribution in [0.4, 0.5) is 11.4 Å². The molecular weight excluding hydrogens is 761 g/mol. The maximum Gasteiger partial charge on any atom is 0.255 e. The Bertz CT molecular complexity index is 2390. The van der Waals surface area contributed by atoms with E-state index in [0.717, 1.165) is 54.9 Å². The van der Waals surface area contributed by atoms with Gasteiger partial charge in [0.25, 0.3) is 5.91 Å². The van der Waals surface area contributed by atoms with Gasteiger partial charge in [0.1, 0.15) is 17.3 Å². The van der Waals surface area contributed by atoms with Crippen LogP contribution < -0.4 is 25.8 Å². The first kappa shape index (κ1) is 39.9. The zero-order valence-corrected chi connectivity index (χ0v) is 33.0. The predicted molar refractivity (Wildman–Crippen MR) is 218 cm³/mol. The zero-order valence-electron chi connectivity index (χ0n) is 32.2. The van der Waals surface area contributed by atoms with Crippen LogP contribution in [0.25, 0.3) is 11.3 Å². The largest absolute Gasteiger partial charge is 0.494 e. The van der Waals surface area contributed by atoms with Crippen LogP contribution in [0.1, 0.15) is 54.4 Å². The summed E-state index contributed by atoms with van der Waals surface area (Å²) in [6, 6.07) is 24.5. The molecule has 15 nitrogen and oxygen atoms in total. The van der Waals surface area contributed by atoms with Crippen LogP contribution in [0.15, 0.2) is 94.8 Å². The van der Waals surface area contributed by atoms with Crippen LogP contribution in [0.3, 0.4) is 0 Å². The first-order valence-corrected chi connectivity index (χ1v) is 21.2. The van der Waals surface area contributed by atoms with Gasteiger partial charge in [0.15, 0.2) is 9.84 Å². The average molecular weight is 807 g/mol. The van der Waals surface area contributed by atoms with Gasteiger partial charge < -0.3 is 29.7 Å². The molecule has 58 heavy (non-hydrogen) atoms. The molecule has 0 radical (unpaired) electrons. The molecule has 3 aliphatic heterocycles. The van der Waals surface area contributed by atoms with E-state index < -0.39 is 21.8 Å². The van der Waals surface area contributed by atoms with Gasteiger partial charge in [0, 0.05) is 74.5 Å². The van der Waals surface area contributed by atoms with Gasteiger partial charge in [-0.1, -0.05) is 24.3 Å². The number of benzene rings is 3. The lowest BCUT2D eigenvalue weighted by Crippen LogP contribution is -2.52. The van der Waals surface area contributed by atoms with E-state index >= 15 is 0 Å². The maximum atomic E-state index is 13.1. The number of carbonyl (C=O) groups excluding carboxylic acids is 4. The van der Waals surface area contributed by atoms with Crippen molar-refractivity contribution in [1.82, 2.24) is 20.1 Å². The van der Waals surface area contributed by atoms with Crippen LogP contribution in [0.5, 0.6) is 5.75 Å². The number of anilines is 2. The van der Waals surface area contributed by atoms with Gasteiger partial charge in [-0.25, -0.2) is 8.42 Å². The van der Waals surface area contributed by atoms with Gasteiger partial charge in [0.05, 0.1) is 11.5 Å². The number of sulfone groups is 1. The second-order valence-corrected chi connectivity index (χ2v) is 16.6. The molecule has 0 bridgehead atoms. The summed E-state index contributed by atoms with van der Waals surface area (Å²) >= 11 is 0. The molecule has 0 spiro atoms. The second kappa shape index (κ2) is 17.5. The Morgan fingerprint density at radius 1 is 0.931 bits per heavy atom. The molecule has 3 aliphatic rings. The van der Waals surface area contributed by atoms with Crippen molar-refractivity contribution in [3.8, 4) is 17.0 Å². The summed E-state index contributed by atoms with van der Waals surface area (Å²) in [5.41, 5.74) is 5.09. The second-order valence-electron chi connectivity index (χ2n) is 14.6. The van der Waals surface area contributed by atoms with Crippen LogP contribution in [0.2, 0.25) is 0 Å². The van der Waals surface area contributed by atoms with E-state index in [9.17, 15) is 27.6 Å². The van der Waals surface area contributed by atoms with Gasteiger partial charge in [0.2, 0.25) is 23.7 Å². The normalized spacial score (nSPS) is 17.3. The van der Waals surface area contributed by atoms with Gasteiger partial charge in [-0.2, -0.15) is 4.99 Å². The number of ether oxygens (including phenoxy) is 1. The lowest BCUT2D eigenvalue weighted by Gasteiger charge is -2.36. The van der Waals surface area contributed by atoms with Crippen molar-refractivity contribution in [2.45, 2.75) is 56.0 Å². The first-order chi connectivity index (χ1) is 27.9. The van der Waals surface area contributed by atoms with E-state index in [1.165, 1.54) is 11.2 Å². The standard InChI is InChI=1S/C42H46N8O7S/c1-58(55,56)33-17-10-28(11-18-33)35-6-5-7-37(45-35)46-42(43)44-30-12-14-31(15-13-30)48-21-23-49(24-22-48)39(52)8-3-2-4-25-57-32-16-9-29-27-50(41(54)34(29)26-32)36-19-20-38(51)47-40(36)53/h5-7,9-18,26,36H,2-4,8,19-25,27H2,1H3,(H,47,51,53)(H3,43,44,45,46). The topological polar surface area (TPSA) is 197 Å². The number of fused-ring (bicyclic) bond motifs is 1. The van der Waals surface area contributed by atoms with E-state index in [1.54, 1.807) is 36.4 Å². The van der Waals surface area contributed by atoms with Crippen molar-refractivity contribution >= 4 is 50.8 Å². The number of pyridine rings is 1. The van der Waals surface area contributed by atoms with E-state index in [4.69, 9.17) is 10.1 Å². The molecule has 4 N–H and O–H groups in total. The summed E-state index contributed by atoms with van der Waals surface area (Å²) < 4.78 is 29.5. The number of rotatable bonds is 12. The highest BCUT2D eigenvalue weighted by molar-refractivity contribution is 7.90. The van der Waals surface area contributed by atoms with Crippen molar-refractivity contribution in [3.05, 3.63) is 102 Å². The number of piperidine rings is 1. The van der Waals surface area contributed by atoms with E-state index in [0.29, 0.717) is 61.6 Å². The number of amides is 4. The van der Waals surface area contributed by atoms with Crippen molar-refractivity contribution in [2.75, 3.05) is 49.3 Å². The van der Waals surface area contributed by atoms with Gasteiger partial charge in [-0.05, 0) is 97.5 Å². The summed E-state index contributed by atoms with van der Waals surface area (Å²) in [5, 5.41) is 13.7. The first-order valence-electron chi connectivity index (χ1n) is 19.3. The number of H-pyrrole nitrogens is 1. The SMILES string of the molecule is CS(=O)(=O)c1ccc(-c2ccc/c(=N/C(=N)Nc3ccc(N4CCN(C(=O)CCCCCOc5ccc6c(c5)C(=O)N(C5CCC(=O)NC5=O)C6)CC4)cc3)[nH]2)cc1. The molecule has 1 atom stereocenters. The van der Waals surface area contributed by atoms with Crippen molar-refractivity contribution in [1.29, 1.82) is 5.41 Å². The minimum absolute atomic E-state index is 0.0495. The summed E-state index contributed by atoms with van der Waals surface area (Å²) in [6.07, 6.45) is 4.54. The van der Waals surface area contributed by atoms with E-state index in [2.05, 4.69) is 25.5 Å². The molecule has 2 fully saturated rings. The third-order valence-electron chi connectivity index (χ3n) is 10.5. The number of hydrogen-bond donors (Lipinski definition) is 4. The van der Waals surface area contributed by atoms with Gasteiger partial charge in [-0.15, -0.1) is 0 Å². The number of hydrogen-bond acceptors (Lipinski definition) is 9. The van der Waals surface area contributed by atoms with Crippen molar-refractivity contribution in [3.63, 3.8) is 0 Å². The highest BCUT2D eigenvalue weighted by Gasteiger charge is 2.39. The van der Waals surface area contributed by atoms with Crippen LogP contribution >= 0.6 is 0 Å². The number of nitrogens with zero attached hydrogens (tertiary/aromatic N) is 4. The highest BCUT2D eigenvalue weighted by atomic mass is 32.2. The Balaban J connectivity index is 0.799. The number of aromatic amines is 1. The molecule has 1 unspecified atom stereocenters. The summed E-state index contributed by atoms with van der Waals surface area (Å²) in [5.74, 6) is -0.293. The zero-order chi connectivity index (χ0) is 40.8. The lowest BCUT2D eigenvalue weighted by atomic mass is 10.0. The molecule has 0 saturated carbocycles. The number of guanidine groups is 1. The van der Waals surface area contributed by atoms with Gasteiger partial charge in [-0.3, -0.25) is 29.9 Å². The fourth-order valence-electron chi connectivity index (χ4n) is 7.35. The molecule has 4 heterocycles. The molecule has 4 aromatic rings. The Morgan fingerprint density at radius 2 is 1.69 bits per heavy atom. The fraction of sp³-hybridized carbons (Fsp3) is 0.333. The lowest BCUT2D eigenvalue weighted by molar-refractivity contribution is -0.137. The molecule has 7 rings (SSSR count). The Kier molecular flexibility index (Phi) is 12.0. The Hall–Kier alpha value is -6.29. The summed E-state index contributed by atoms with van der Waals surface area (Å²) in [7, 11) is -3.29. The van der Waals surface area contributed by atoms with Crippen molar-refractivity contribution in [2.24, 2.45) is 4.99 Å². The minimum Gasteiger partial charge on any atom is -0.494 e. The Morgan fingerprint density at radius 3 is 2.41 bits per heavy atom.